The Morgan fingerprint density at radius 3 is 2.25 bits per heavy atom. The van der Waals surface area contributed by atoms with Crippen LogP contribution in [0.3, 0.4) is 0 Å². The van der Waals surface area contributed by atoms with Gasteiger partial charge in [0.1, 0.15) is 0 Å². The van der Waals surface area contributed by atoms with E-state index in [0.717, 1.165) is 5.56 Å². The normalized spacial score (nSPS) is 15.4. The highest BCUT2D eigenvalue weighted by Crippen LogP contribution is 2.33. The van der Waals surface area contributed by atoms with Crippen molar-refractivity contribution in [2.45, 2.75) is 26.2 Å². The highest BCUT2D eigenvalue weighted by molar-refractivity contribution is 5.84. The molecule has 24 heavy (non-hydrogen) atoms. The van der Waals surface area contributed by atoms with Crippen molar-refractivity contribution in [3.63, 3.8) is 0 Å². The third-order valence-corrected chi connectivity index (χ3v) is 4.27. The molecule has 0 spiro atoms. The monoisotopic (exact) mass is 335 g/mol. The smallest absolute Gasteiger partial charge is 0.223 e. The zero-order valence-corrected chi connectivity index (χ0v) is 14.8. The second-order valence-corrected chi connectivity index (χ2v) is 6.65. The number of amides is 1. The molecule has 1 rings (SSSR count). The number of hydrogen-bond acceptors (Lipinski definition) is 4. The maximum Gasteiger partial charge on any atom is 0.223 e. The number of carboxylic acid groups (broad SMARTS) is 1. The molecule has 0 radical (unpaired) electrons. The predicted octanol–water partition coefficient (Wildman–Crippen LogP) is 0.873. The highest BCUT2D eigenvalue weighted by Gasteiger charge is 2.32. The van der Waals surface area contributed by atoms with Crippen LogP contribution in [0.1, 0.15) is 31.7 Å². The Bertz CT molecular complexity index is 540. The van der Waals surface area contributed by atoms with Crippen molar-refractivity contribution >= 4 is 11.9 Å². The van der Waals surface area contributed by atoms with Gasteiger partial charge in [0.15, 0.2) is 0 Å². The molecule has 0 aliphatic carbocycles. The van der Waals surface area contributed by atoms with E-state index in [-0.39, 0.29) is 24.9 Å². The van der Waals surface area contributed by atoms with Crippen molar-refractivity contribution in [3.05, 3.63) is 41.1 Å². The van der Waals surface area contributed by atoms with Crippen LogP contribution in [0.4, 0.5) is 0 Å². The van der Waals surface area contributed by atoms with Crippen molar-refractivity contribution in [2.24, 2.45) is 11.8 Å². The number of likely N-dealkylation sites (N-methyl/N-ethyl adjacent to an activating group) is 1. The third-order valence-electron chi connectivity index (χ3n) is 4.27. The molecule has 1 amide bonds. The molecular weight excluding hydrogens is 308 g/mol. The number of carboxylic acids is 1. The minimum Gasteiger partial charge on any atom is -0.633 e. The van der Waals surface area contributed by atoms with Crippen molar-refractivity contribution in [1.29, 1.82) is 0 Å². The lowest BCUT2D eigenvalue weighted by atomic mass is 9.76. The van der Waals surface area contributed by atoms with E-state index in [1.807, 2.05) is 37.3 Å². The van der Waals surface area contributed by atoms with Crippen LogP contribution >= 0.6 is 0 Å². The molecule has 1 aromatic carbocycles. The Morgan fingerprint density at radius 2 is 1.79 bits per heavy atom. The molecule has 0 saturated carbocycles. The van der Waals surface area contributed by atoms with Crippen LogP contribution in [-0.2, 0) is 9.59 Å². The second-order valence-electron chi connectivity index (χ2n) is 6.65. The minimum atomic E-state index is -1.23. The number of nitrogens with zero attached hydrogens (tertiary/aromatic N) is 1. The van der Waals surface area contributed by atoms with Gasteiger partial charge in [-0.25, -0.2) is 0 Å². The summed E-state index contributed by atoms with van der Waals surface area (Å²) in [6, 6.07) is 9.30. The Kier molecular flexibility index (Phi) is 7.38. The fourth-order valence-corrected chi connectivity index (χ4v) is 2.89. The van der Waals surface area contributed by atoms with Crippen molar-refractivity contribution in [1.82, 2.24) is 5.32 Å². The molecule has 134 valence electrons. The summed E-state index contributed by atoms with van der Waals surface area (Å²) in [5, 5.41) is 25.9. The Morgan fingerprint density at radius 1 is 1.21 bits per heavy atom. The lowest BCUT2D eigenvalue weighted by molar-refractivity contribution is -0.838. The van der Waals surface area contributed by atoms with E-state index in [1.54, 1.807) is 6.92 Å². The molecule has 0 fully saturated rings. The van der Waals surface area contributed by atoms with Gasteiger partial charge in [0, 0.05) is 17.8 Å². The molecule has 1 N–H and O–H groups in total. The van der Waals surface area contributed by atoms with Gasteiger partial charge in [-0.05, 0) is 17.9 Å². The molecule has 0 aliphatic rings. The number of nitrogens with one attached hydrogen (secondary N) is 1. The van der Waals surface area contributed by atoms with Crippen molar-refractivity contribution in [2.75, 3.05) is 27.2 Å². The van der Waals surface area contributed by atoms with Crippen LogP contribution in [0.5, 0.6) is 0 Å². The molecule has 0 aromatic heterocycles. The average molecular weight is 335 g/mol. The topological polar surface area (TPSA) is 92.3 Å². The van der Waals surface area contributed by atoms with Gasteiger partial charge < -0.3 is 25.1 Å². The van der Waals surface area contributed by atoms with Crippen LogP contribution in [0.15, 0.2) is 30.3 Å². The SMILES string of the molecule is CCC(c1ccccc1)C(C(=O)[O-])C(C)C(=O)NCC[N+](C)(C)[O-]. The van der Waals surface area contributed by atoms with E-state index in [1.165, 1.54) is 14.1 Å². The van der Waals surface area contributed by atoms with Gasteiger partial charge in [-0.3, -0.25) is 4.79 Å². The maximum atomic E-state index is 12.3. The molecule has 1 aromatic rings. The Hall–Kier alpha value is -1.92. The zero-order chi connectivity index (χ0) is 18.3. The highest BCUT2D eigenvalue weighted by atomic mass is 16.5. The number of hydroxylamine groups is 3. The molecule has 3 atom stereocenters. The van der Waals surface area contributed by atoms with Crippen LogP contribution in [0.2, 0.25) is 0 Å². The van der Waals surface area contributed by atoms with E-state index in [2.05, 4.69) is 5.32 Å². The summed E-state index contributed by atoms with van der Waals surface area (Å²) < 4.78 is -0.514. The standard InChI is InChI=1S/C18H28N2O4/c1-5-15(14-9-7-6-8-10-14)16(18(22)23)13(2)17(21)19-11-12-20(3,4)24/h6-10,13,15-16H,5,11-12H2,1-4H3,(H,19,21)(H,22,23)/p-1. The molecule has 3 unspecified atom stereocenters. The molecule has 0 heterocycles. The average Bonchev–Trinajstić information content (AvgIpc) is 2.51. The van der Waals surface area contributed by atoms with Crippen molar-refractivity contribution in [3.8, 4) is 0 Å². The van der Waals surface area contributed by atoms with Crippen molar-refractivity contribution < 1.29 is 19.3 Å². The van der Waals surface area contributed by atoms with E-state index in [0.29, 0.717) is 6.42 Å². The van der Waals surface area contributed by atoms with Crippen LogP contribution in [0, 0.1) is 17.0 Å². The fourth-order valence-electron chi connectivity index (χ4n) is 2.89. The Labute approximate surface area is 143 Å². The molecule has 0 aliphatic heterocycles. The molecule has 0 saturated heterocycles. The number of aliphatic carboxylic acids is 1. The number of carbonyl (C=O) groups excluding carboxylic acids is 2. The quantitative estimate of drug-likeness (QED) is 0.535. The van der Waals surface area contributed by atoms with Gasteiger partial charge >= 0.3 is 0 Å². The van der Waals surface area contributed by atoms with E-state index >= 15 is 0 Å². The van der Waals surface area contributed by atoms with Gasteiger partial charge in [0.05, 0.1) is 27.2 Å². The first-order valence-corrected chi connectivity index (χ1v) is 8.25. The summed E-state index contributed by atoms with van der Waals surface area (Å²) in [7, 11) is 2.98. The third kappa shape index (κ3) is 5.94. The number of carbonyl (C=O) groups is 2. The second kappa shape index (κ2) is 8.80. The van der Waals surface area contributed by atoms with Crippen LogP contribution in [0.25, 0.3) is 0 Å². The van der Waals surface area contributed by atoms with Gasteiger partial charge in [0.2, 0.25) is 5.91 Å². The summed E-state index contributed by atoms with van der Waals surface area (Å²) >= 11 is 0. The maximum absolute atomic E-state index is 12.3. The predicted molar refractivity (Wildman–Crippen MR) is 90.5 cm³/mol. The number of quaternary nitrogens is 1. The molecule has 6 heteroatoms. The van der Waals surface area contributed by atoms with Gasteiger partial charge in [-0.2, -0.15) is 0 Å². The largest absolute Gasteiger partial charge is 0.633 e. The van der Waals surface area contributed by atoms with Gasteiger partial charge in [-0.1, -0.05) is 44.2 Å². The molecular formula is C18H27N2O4-. The summed E-state index contributed by atoms with van der Waals surface area (Å²) in [4.78, 5) is 24.0. The first-order chi connectivity index (χ1) is 11.2. The summed E-state index contributed by atoms with van der Waals surface area (Å²) in [5.74, 6) is -3.57. The summed E-state index contributed by atoms with van der Waals surface area (Å²) in [6.07, 6.45) is 0.588. The first-order valence-electron chi connectivity index (χ1n) is 8.25. The molecule has 0 bridgehead atoms. The zero-order valence-electron chi connectivity index (χ0n) is 14.8. The number of benzene rings is 1. The van der Waals surface area contributed by atoms with E-state index in [4.69, 9.17) is 0 Å². The van der Waals surface area contributed by atoms with Crippen LogP contribution in [-0.4, -0.2) is 43.7 Å². The summed E-state index contributed by atoms with van der Waals surface area (Å²) in [6.45, 7) is 3.93. The van der Waals surface area contributed by atoms with Crippen LogP contribution < -0.4 is 10.4 Å². The number of rotatable bonds is 9. The number of hydrogen-bond donors (Lipinski definition) is 1. The van der Waals surface area contributed by atoms with E-state index in [9.17, 15) is 19.9 Å². The summed E-state index contributed by atoms with van der Waals surface area (Å²) in [5.41, 5.74) is 0.881. The minimum absolute atomic E-state index is 0.210. The van der Waals surface area contributed by atoms with Gasteiger partial charge in [-0.15, -0.1) is 0 Å². The first kappa shape index (κ1) is 20.1. The lowest BCUT2D eigenvalue weighted by Crippen LogP contribution is -2.46. The Balaban J connectivity index is 2.86. The lowest BCUT2D eigenvalue weighted by Gasteiger charge is -2.34. The van der Waals surface area contributed by atoms with Gasteiger partial charge in [0.25, 0.3) is 0 Å². The fraction of sp³-hybridized carbons (Fsp3) is 0.556. The van der Waals surface area contributed by atoms with E-state index < -0.39 is 22.5 Å². The molecule has 6 nitrogen and oxygen atoms in total.